The van der Waals surface area contributed by atoms with Crippen LogP contribution < -0.4 is 10.1 Å². The van der Waals surface area contributed by atoms with Gasteiger partial charge in [0.05, 0.1) is 4.62 Å². The Morgan fingerprint density at radius 3 is 2.35 bits per heavy atom. The third-order valence-electron chi connectivity index (χ3n) is 2.16. The Hall–Kier alpha value is -1.69. The van der Waals surface area contributed by atoms with E-state index in [0.29, 0.717) is 18.3 Å². The van der Waals surface area contributed by atoms with Crippen molar-refractivity contribution in [2.24, 2.45) is 0 Å². The molecule has 108 valence electrons. The van der Waals surface area contributed by atoms with Crippen LogP contribution in [0.4, 0.5) is 14.5 Å². The number of alkyl halides is 2. The first-order valence-corrected chi connectivity index (χ1v) is 6.52. The lowest BCUT2D eigenvalue weighted by Crippen LogP contribution is -2.18. The Morgan fingerprint density at radius 2 is 1.95 bits per heavy atom. The molecule has 0 aromatic heterocycles. The van der Waals surface area contributed by atoms with E-state index in [0.717, 1.165) is 5.57 Å². The lowest BCUT2D eigenvalue weighted by molar-refractivity contribution is -0.158. The molecule has 1 aromatic carbocycles. The molecule has 0 unspecified atom stereocenters. The van der Waals surface area contributed by atoms with Crippen molar-refractivity contribution in [1.82, 2.24) is 0 Å². The van der Waals surface area contributed by atoms with Gasteiger partial charge in [-0.3, -0.25) is 5.41 Å². The predicted molar refractivity (Wildman–Crippen MR) is 80.9 cm³/mol. The molecule has 0 spiro atoms. The predicted octanol–water partition coefficient (Wildman–Crippen LogP) is 4.92. The standard InChI is InChI=1S/C14H15BrF2N2O/c1-9(2)12(8-13(15)18)19-10-4-6-11(7-5-10)20-14(3,16)17/h4-8,18-19H,1H2,2-3H3/b12-8-,18-13?. The van der Waals surface area contributed by atoms with Crippen LogP contribution in [0.2, 0.25) is 0 Å². The van der Waals surface area contributed by atoms with E-state index in [-0.39, 0.29) is 10.4 Å². The lowest BCUT2D eigenvalue weighted by atomic mass is 10.2. The number of nitrogens with one attached hydrogen (secondary N) is 2. The Morgan fingerprint density at radius 1 is 1.40 bits per heavy atom. The summed E-state index contributed by atoms with van der Waals surface area (Å²) in [5.74, 6) is 0.0807. The van der Waals surface area contributed by atoms with E-state index in [1.165, 1.54) is 12.1 Å². The summed E-state index contributed by atoms with van der Waals surface area (Å²) in [6.45, 7) is 6.28. The number of allylic oxidation sites excluding steroid dienone is 2. The molecule has 0 saturated heterocycles. The SMILES string of the molecule is C=C(C)/C(=C/C(=N)Br)Nc1ccc(OC(C)(F)F)cc1. The fraction of sp³-hybridized carbons (Fsp3) is 0.214. The lowest BCUT2D eigenvalue weighted by Gasteiger charge is -2.14. The van der Waals surface area contributed by atoms with Crippen LogP contribution >= 0.6 is 15.9 Å². The summed E-state index contributed by atoms with van der Waals surface area (Å²) in [5, 5.41) is 10.4. The fourth-order valence-electron chi connectivity index (χ4n) is 1.36. The number of benzene rings is 1. The van der Waals surface area contributed by atoms with Crippen molar-refractivity contribution in [3.05, 3.63) is 48.2 Å². The second-order valence-corrected chi connectivity index (χ2v) is 5.10. The summed E-state index contributed by atoms with van der Waals surface area (Å²) in [4.78, 5) is 0. The maximum Gasteiger partial charge on any atom is 0.394 e. The van der Waals surface area contributed by atoms with Crippen molar-refractivity contribution in [1.29, 1.82) is 5.41 Å². The molecule has 1 aromatic rings. The van der Waals surface area contributed by atoms with Crippen LogP contribution in [0.15, 0.2) is 48.2 Å². The number of halogens is 3. The van der Waals surface area contributed by atoms with Gasteiger partial charge in [-0.15, -0.1) is 0 Å². The van der Waals surface area contributed by atoms with Crippen LogP contribution in [0, 0.1) is 5.41 Å². The fourth-order valence-corrected chi connectivity index (χ4v) is 1.59. The van der Waals surface area contributed by atoms with Crippen molar-refractivity contribution in [2.75, 3.05) is 5.32 Å². The Balaban J connectivity index is 2.83. The molecule has 0 atom stereocenters. The number of anilines is 1. The Labute approximate surface area is 125 Å². The minimum Gasteiger partial charge on any atom is -0.433 e. The first-order chi connectivity index (χ1) is 9.17. The molecule has 0 heterocycles. The van der Waals surface area contributed by atoms with Crippen molar-refractivity contribution in [2.45, 2.75) is 20.0 Å². The van der Waals surface area contributed by atoms with Crippen LogP contribution in [0.5, 0.6) is 5.75 Å². The highest BCUT2D eigenvalue weighted by atomic mass is 79.9. The molecule has 0 amide bonds. The Kier molecular flexibility index (Phi) is 5.44. The highest BCUT2D eigenvalue weighted by molar-refractivity contribution is 9.18. The zero-order chi connectivity index (χ0) is 15.3. The van der Waals surface area contributed by atoms with E-state index in [2.05, 4.69) is 32.6 Å². The summed E-state index contributed by atoms with van der Waals surface area (Å²) in [7, 11) is 0. The normalized spacial score (nSPS) is 11.9. The third-order valence-corrected chi connectivity index (χ3v) is 2.39. The van der Waals surface area contributed by atoms with E-state index in [9.17, 15) is 8.78 Å². The van der Waals surface area contributed by atoms with Gasteiger partial charge >= 0.3 is 6.11 Å². The number of ether oxygens (including phenoxy) is 1. The summed E-state index contributed by atoms with van der Waals surface area (Å²) in [5.41, 5.74) is 2.08. The third kappa shape index (κ3) is 5.97. The maximum atomic E-state index is 12.7. The minimum absolute atomic E-state index is 0.0807. The van der Waals surface area contributed by atoms with Crippen molar-refractivity contribution in [3.63, 3.8) is 0 Å². The molecule has 0 aliphatic heterocycles. The molecule has 1 rings (SSSR count). The summed E-state index contributed by atoms with van der Waals surface area (Å²) in [6.07, 6.45) is -1.64. The molecule has 0 bridgehead atoms. The van der Waals surface area contributed by atoms with Gasteiger partial charge in [0.2, 0.25) is 0 Å². The quantitative estimate of drug-likeness (QED) is 0.568. The molecule has 0 fully saturated rings. The number of hydrogen-bond acceptors (Lipinski definition) is 3. The summed E-state index contributed by atoms with van der Waals surface area (Å²) >= 11 is 3.02. The minimum atomic E-state index is -3.21. The molecule has 20 heavy (non-hydrogen) atoms. The van der Waals surface area contributed by atoms with E-state index >= 15 is 0 Å². The molecule has 0 aliphatic carbocycles. The number of hydrogen-bond donors (Lipinski definition) is 2. The molecule has 0 aliphatic rings. The molecule has 0 radical (unpaired) electrons. The monoisotopic (exact) mass is 344 g/mol. The van der Waals surface area contributed by atoms with Gasteiger partial charge in [-0.05, 0) is 58.8 Å². The highest BCUT2D eigenvalue weighted by Gasteiger charge is 2.22. The van der Waals surface area contributed by atoms with Crippen molar-refractivity contribution >= 4 is 26.2 Å². The van der Waals surface area contributed by atoms with Gasteiger partial charge in [-0.25, -0.2) is 0 Å². The van der Waals surface area contributed by atoms with E-state index < -0.39 is 6.11 Å². The van der Waals surface area contributed by atoms with E-state index in [1.807, 2.05) is 0 Å². The highest BCUT2D eigenvalue weighted by Crippen LogP contribution is 2.23. The van der Waals surface area contributed by atoms with Gasteiger partial charge in [0.1, 0.15) is 5.75 Å². The van der Waals surface area contributed by atoms with Crippen LogP contribution in [0.1, 0.15) is 13.8 Å². The smallest absolute Gasteiger partial charge is 0.394 e. The summed E-state index contributed by atoms with van der Waals surface area (Å²) in [6, 6.07) is 6.09. The zero-order valence-corrected chi connectivity index (χ0v) is 12.7. The first kappa shape index (κ1) is 16.4. The van der Waals surface area contributed by atoms with Crippen LogP contribution in [0.25, 0.3) is 0 Å². The van der Waals surface area contributed by atoms with Gasteiger partial charge in [-0.1, -0.05) is 6.58 Å². The van der Waals surface area contributed by atoms with Gasteiger partial charge in [-0.2, -0.15) is 8.78 Å². The maximum absolute atomic E-state index is 12.7. The molecular weight excluding hydrogens is 330 g/mol. The van der Waals surface area contributed by atoms with Crippen LogP contribution in [0.3, 0.4) is 0 Å². The summed E-state index contributed by atoms with van der Waals surface area (Å²) < 4.78 is 30.0. The molecule has 6 heteroatoms. The van der Waals surface area contributed by atoms with Crippen LogP contribution in [-0.4, -0.2) is 10.7 Å². The van der Waals surface area contributed by atoms with Crippen molar-refractivity contribution in [3.8, 4) is 5.75 Å². The first-order valence-electron chi connectivity index (χ1n) is 5.73. The van der Waals surface area contributed by atoms with Crippen LogP contribution in [-0.2, 0) is 0 Å². The van der Waals surface area contributed by atoms with Gasteiger partial charge in [0.25, 0.3) is 0 Å². The second kappa shape index (κ2) is 6.65. The molecule has 2 N–H and O–H groups in total. The van der Waals surface area contributed by atoms with Gasteiger partial charge < -0.3 is 10.1 Å². The van der Waals surface area contributed by atoms with E-state index in [4.69, 9.17) is 5.41 Å². The molecular formula is C14H15BrF2N2O. The molecule has 0 saturated carbocycles. The van der Waals surface area contributed by atoms with Crippen molar-refractivity contribution < 1.29 is 13.5 Å². The average Bonchev–Trinajstić information content (AvgIpc) is 2.28. The van der Waals surface area contributed by atoms with Gasteiger partial charge in [0.15, 0.2) is 0 Å². The second-order valence-electron chi connectivity index (χ2n) is 4.25. The topological polar surface area (TPSA) is 45.1 Å². The zero-order valence-electron chi connectivity index (χ0n) is 11.1. The molecule has 3 nitrogen and oxygen atoms in total. The van der Waals surface area contributed by atoms with Gasteiger partial charge in [0, 0.05) is 18.3 Å². The number of rotatable bonds is 6. The van der Waals surface area contributed by atoms with E-state index in [1.54, 1.807) is 25.1 Å². The average molecular weight is 345 g/mol. The largest absolute Gasteiger partial charge is 0.433 e. The Bertz CT molecular complexity index is 533.